The van der Waals surface area contributed by atoms with Crippen molar-refractivity contribution >= 4 is 11.7 Å². The fourth-order valence-corrected chi connectivity index (χ4v) is 1.69. The summed E-state index contributed by atoms with van der Waals surface area (Å²) in [6.45, 7) is 0.669. The van der Waals surface area contributed by atoms with E-state index in [1.807, 2.05) is 24.3 Å². The maximum Gasteiger partial charge on any atom is 0.247 e. The minimum Gasteiger partial charge on any atom is -0.352 e. The molecule has 2 rings (SSSR count). The fourth-order valence-electron chi connectivity index (χ4n) is 1.69. The molecule has 1 aromatic rings. The van der Waals surface area contributed by atoms with Crippen LogP contribution in [-0.2, 0) is 4.79 Å². The average Bonchev–Trinajstić information content (AvgIpc) is 2.33. The number of rotatable bonds is 3. The second kappa shape index (κ2) is 4.75. The van der Waals surface area contributed by atoms with Crippen molar-refractivity contribution in [2.24, 2.45) is 0 Å². The van der Waals surface area contributed by atoms with E-state index in [0.717, 1.165) is 6.42 Å². The molecule has 0 radical (unpaired) electrons. The summed E-state index contributed by atoms with van der Waals surface area (Å²) < 4.78 is 0. The van der Waals surface area contributed by atoms with Gasteiger partial charge in [0.2, 0.25) is 5.91 Å². The molecule has 0 bridgehead atoms. The Hall–Kier alpha value is -1.90. The topological polar surface area (TPSA) is 46.2 Å². The standard InChI is InChI=1S/C13H13NO2/c15-12(10-5-2-1-3-6-10)9-11-7-4-8-14-13(11)16/h1-3,5-7H,4,8-9H2,(H,14,16). The number of nitrogens with one attached hydrogen (secondary N) is 1. The van der Waals surface area contributed by atoms with Gasteiger partial charge in [0.15, 0.2) is 5.78 Å². The molecule has 1 amide bonds. The largest absolute Gasteiger partial charge is 0.352 e. The van der Waals surface area contributed by atoms with Gasteiger partial charge in [-0.15, -0.1) is 0 Å². The number of carbonyl (C=O) groups excluding carboxylic acids is 2. The number of amides is 1. The Morgan fingerprint density at radius 1 is 1.25 bits per heavy atom. The highest BCUT2D eigenvalue weighted by molar-refractivity contribution is 6.05. The van der Waals surface area contributed by atoms with Crippen LogP contribution in [0.3, 0.4) is 0 Å². The van der Waals surface area contributed by atoms with Crippen molar-refractivity contribution in [2.75, 3.05) is 6.54 Å². The van der Waals surface area contributed by atoms with Crippen molar-refractivity contribution in [2.45, 2.75) is 12.8 Å². The van der Waals surface area contributed by atoms with Gasteiger partial charge >= 0.3 is 0 Å². The van der Waals surface area contributed by atoms with Crippen LogP contribution < -0.4 is 5.32 Å². The maximum atomic E-state index is 11.8. The summed E-state index contributed by atoms with van der Waals surface area (Å²) in [7, 11) is 0. The molecular formula is C13H13NO2. The number of carbonyl (C=O) groups is 2. The Morgan fingerprint density at radius 3 is 2.69 bits per heavy atom. The monoisotopic (exact) mass is 215 g/mol. The van der Waals surface area contributed by atoms with Crippen LogP contribution in [0.1, 0.15) is 23.2 Å². The zero-order valence-electron chi connectivity index (χ0n) is 8.90. The highest BCUT2D eigenvalue weighted by Crippen LogP contribution is 2.12. The summed E-state index contributed by atoms with van der Waals surface area (Å²) in [4.78, 5) is 23.3. The maximum absolute atomic E-state index is 11.8. The quantitative estimate of drug-likeness (QED) is 0.780. The van der Waals surface area contributed by atoms with E-state index in [2.05, 4.69) is 5.32 Å². The molecule has 0 fully saturated rings. The molecule has 0 spiro atoms. The molecule has 1 heterocycles. The molecule has 82 valence electrons. The smallest absolute Gasteiger partial charge is 0.247 e. The van der Waals surface area contributed by atoms with Gasteiger partial charge in [0.05, 0.1) is 0 Å². The summed E-state index contributed by atoms with van der Waals surface area (Å²) in [6.07, 6.45) is 2.85. The first-order valence-corrected chi connectivity index (χ1v) is 5.33. The molecule has 0 saturated carbocycles. The van der Waals surface area contributed by atoms with Gasteiger partial charge in [-0.05, 0) is 6.42 Å². The predicted molar refractivity (Wildman–Crippen MR) is 61.1 cm³/mol. The summed E-state index contributed by atoms with van der Waals surface area (Å²) >= 11 is 0. The SMILES string of the molecule is O=C1NCCC=C1CC(=O)c1ccccc1. The molecule has 1 aliphatic heterocycles. The van der Waals surface area contributed by atoms with Crippen LogP contribution in [0.5, 0.6) is 0 Å². The Kier molecular flexibility index (Phi) is 3.15. The molecule has 0 aromatic heterocycles. The van der Waals surface area contributed by atoms with Crippen LogP contribution in [0.4, 0.5) is 0 Å². The zero-order chi connectivity index (χ0) is 11.4. The Balaban J connectivity index is 2.08. The van der Waals surface area contributed by atoms with Crippen LogP contribution in [0.25, 0.3) is 0 Å². The van der Waals surface area contributed by atoms with E-state index < -0.39 is 0 Å². The molecule has 1 aromatic carbocycles. The second-order valence-corrected chi connectivity index (χ2v) is 3.74. The molecule has 0 atom stereocenters. The Labute approximate surface area is 94.2 Å². The van der Waals surface area contributed by atoms with Crippen molar-refractivity contribution in [1.29, 1.82) is 0 Å². The number of Topliss-reactive ketones (excluding diaryl/α,β-unsaturated/α-hetero) is 1. The minimum atomic E-state index is -0.115. The first-order valence-electron chi connectivity index (χ1n) is 5.33. The molecule has 0 saturated heterocycles. The minimum absolute atomic E-state index is 0.0103. The van der Waals surface area contributed by atoms with Gasteiger partial charge < -0.3 is 5.32 Å². The number of hydrogen-bond acceptors (Lipinski definition) is 2. The lowest BCUT2D eigenvalue weighted by Gasteiger charge is -2.12. The summed E-state index contributed by atoms with van der Waals surface area (Å²) in [5.41, 5.74) is 1.24. The van der Waals surface area contributed by atoms with E-state index in [1.54, 1.807) is 12.1 Å². The van der Waals surface area contributed by atoms with Crippen LogP contribution in [0.2, 0.25) is 0 Å². The first-order chi connectivity index (χ1) is 7.77. The number of ketones is 1. The predicted octanol–water partition coefficient (Wildman–Crippen LogP) is 1.71. The molecule has 0 aliphatic carbocycles. The van der Waals surface area contributed by atoms with Crippen molar-refractivity contribution < 1.29 is 9.59 Å². The van der Waals surface area contributed by atoms with Gasteiger partial charge in [-0.2, -0.15) is 0 Å². The fraction of sp³-hybridized carbons (Fsp3) is 0.231. The molecule has 0 unspecified atom stereocenters. The van der Waals surface area contributed by atoms with E-state index in [9.17, 15) is 9.59 Å². The molecule has 16 heavy (non-hydrogen) atoms. The van der Waals surface area contributed by atoms with Crippen molar-refractivity contribution in [3.05, 3.63) is 47.5 Å². The van der Waals surface area contributed by atoms with Gasteiger partial charge in [0, 0.05) is 24.1 Å². The van der Waals surface area contributed by atoms with Gasteiger partial charge in [0.1, 0.15) is 0 Å². The van der Waals surface area contributed by atoms with Crippen LogP contribution >= 0.6 is 0 Å². The van der Waals surface area contributed by atoms with Gasteiger partial charge in [0.25, 0.3) is 0 Å². The number of benzene rings is 1. The zero-order valence-corrected chi connectivity index (χ0v) is 8.90. The third kappa shape index (κ3) is 2.37. The highest BCUT2D eigenvalue weighted by atomic mass is 16.2. The lowest BCUT2D eigenvalue weighted by molar-refractivity contribution is -0.117. The number of hydrogen-bond donors (Lipinski definition) is 1. The van der Waals surface area contributed by atoms with Crippen LogP contribution in [0, 0.1) is 0 Å². The third-order valence-electron chi connectivity index (χ3n) is 2.56. The molecular weight excluding hydrogens is 202 g/mol. The lowest BCUT2D eigenvalue weighted by atomic mass is 10.0. The highest BCUT2D eigenvalue weighted by Gasteiger charge is 2.16. The van der Waals surface area contributed by atoms with E-state index in [0.29, 0.717) is 17.7 Å². The van der Waals surface area contributed by atoms with Crippen molar-refractivity contribution in [3.63, 3.8) is 0 Å². The average molecular weight is 215 g/mol. The summed E-state index contributed by atoms with van der Waals surface area (Å²) in [5.74, 6) is -0.126. The van der Waals surface area contributed by atoms with E-state index >= 15 is 0 Å². The van der Waals surface area contributed by atoms with Crippen molar-refractivity contribution in [3.8, 4) is 0 Å². The van der Waals surface area contributed by atoms with Gasteiger partial charge in [-0.25, -0.2) is 0 Å². The van der Waals surface area contributed by atoms with Gasteiger partial charge in [-0.1, -0.05) is 36.4 Å². The van der Waals surface area contributed by atoms with Crippen LogP contribution in [0.15, 0.2) is 42.0 Å². The van der Waals surface area contributed by atoms with E-state index in [1.165, 1.54) is 0 Å². The normalized spacial score (nSPS) is 15.2. The third-order valence-corrected chi connectivity index (χ3v) is 2.56. The second-order valence-electron chi connectivity index (χ2n) is 3.74. The van der Waals surface area contributed by atoms with Gasteiger partial charge in [-0.3, -0.25) is 9.59 Å². The van der Waals surface area contributed by atoms with Crippen LogP contribution in [-0.4, -0.2) is 18.2 Å². The van der Waals surface area contributed by atoms with E-state index in [4.69, 9.17) is 0 Å². The molecule has 3 heteroatoms. The Bertz CT molecular complexity index is 435. The first kappa shape index (κ1) is 10.6. The summed E-state index contributed by atoms with van der Waals surface area (Å²) in [5, 5.41) is 2.73. The Morgan fingerprint density at radius 2 is 2.00 bits per heavy atom. The van der Waals surface area contributed by atoms with E-state index in [-0.39, 0.29) is 18.1 Å². The molecule has 1 aliphatic rings. The lowest BCUT2D eigenvalue weighted by Crippen LogP contribution is -2.30. The van der Waals surface area contributed by atoms with Crippen molar-refractivity contribution in [1.82, 2.24) is 5.32 Å². The molecule has 3 nitrogen and oxygen atoms in total. The molecule has 1 N–H and O–H groups in total. The summed E-state index contributed by atoms with van der Waals surface area (Å²) in [6, 6.07) is 9.04.